The fraction of sp³-hybridized carbons (Fsp3) is 0.389. The van der Waals surface area contributed by atoms with E-state index in [1.165, 1.54) is 25.3 Å². The van der Waals surface area contributed by atoms with Gasteiger partial charge in [0.15, 0.2) is 0 Å². The van der Waals surface area contributed by atoms with E-state index in [9.17, 15) is 18.8 Å². The number of H-pyrrole nitrogens is 2. The number of imidazole rings is 1. The van der Waals surface area contributed by atoms with Gasteiger partial charge in [0.05, 0.1) is 6.04 Å². The van der Waals surface area contributed by atoms with Gasteiger partial charge in [-0.3, -0.25) is 9.59 Å². The van der Waals surface area contributed by atoms with Crippen molar-refractivity contribution in [3.05, 3.63) is 58.0 Å². The van der Waals surface area contributed by atoms with E-state index < -0.39 is 5.69 Å². The molecule has 8 heteroatoms. The molecule has 2 aliphatic heterocycles. The number of carbonyl (C=O) groups excluding carboxylic acids is 2. The molecule has 1 aromatic carbocycles. The zero-order valence-corrected chi connectivity index (χ0v) is 14.2. The largest absolute Gasteiger partial charge is 0.337 e. The quantitative estimate of drug-likeness (QED) is 0.843. The maximum atomic E-state index is 13.7. The molecule has 2 saturated heterocycles. The first-order valence-electron chi connectivity index (χ1n) is 8.53. The molecule has 0 saturated carbocycles. The lowest BCUT2D eigenvalue weighted by atomic mass is 9.89. The zero-order chi connectivity index (χ0) is 18.4. The average Bonchev–Trinajstić information content (AvgIpc) is 3.27. The van der Waals surface area contributed by atoms with Crippen LogP contribution in [0.3, 0.4) is 0 Å². The first kappa shape index (κ1) is 16.6. The molecule has 2 aromatic rings. The predicted octanol–water partition coefficient (Wildman–Crippen LogP) is 1.13. The summed E-state index contributed by atoms with van der Waals surface area (Å²) in [5.41, 5.74) is 0.547. The fourth-order valence-corrected chi connectivity index (χ4v) is 4.27. The highest BCUT2D eigenvalue weighted by molar-refractivity contribution is 5.92. The Labute approximate surface area is 148 Å². The summed E-state index contributed by atoms with van der Waals surface area (Å²) in [6, 6.07) is 6.04. The van der Waals surface area contributed by atoms with Crippen LogP contribution in [0.1, 0.15) is 29.0 Å². The molecule has 2 amide bonds. The number of rotatable bonds is 2. The van der Waals surface area contributed by atoms with Crippen LogP contribution in [0, 0.1) is 17.7 Å². The third-order valence-corrected chi connectivity index (χ3v) is 5.37. The second kappa shape index (κ2) is 6.12. The van der Waals surface area contributed by atoms with Gasteiger partial charge in [-0.25, -0.2) is 9.18 Å². The lowest BCUT2D eigenvalue weighted by Gasteiger charge is -2.29. The van der Waals surface area contributed by atoms with Crippen LogP contribution in [-0.4, -0.2) is 51.2 Å². The van der Waals surface area contributed by atoms with E-state index in [2.05, 4.69) is 9.97 Å². The molecule has 1 aromatic heterocycles. The maximum Gasteiger partial charge on any atom is 0.323 e. The number of halogens is 1. The molecule has 0 unspecified atom stereocenters. The van der Waals surface area contributed by atoms with Crippen molar-refractivity contribution < 1.29 is 14.0 Å². The van der Waals surface area contributed by atoms with E-state index >= 15 is 0 Å². The second-order valence-electron chi connectivity index (χ2n) is 6.96. The van der Waals surface area contributed by atoms with Crippen LogP contribution in [0.2, 0.25) is 0 Å². The van der Waals surface area contributed by atoms with E-state index in [1.54, 1.807) is 15.9 Å². The number of amides is 2. The zero-order valence-electron chi connectivity index (χ0n) is 14.2. The van der Waals surface area contributed by atoms with Gasteiger partial charge in [0.25, 0.3) is 5.91 Å². The predicted molar refractivity (Wildman–Crippen MR) is 90.8 cm³/mol. The number of hydrogen-bond donors (Lipinski definition) is 2. The standard InChI is InChI=1S/C18H19FN4O3/c1-10(24)23-8-12-7-22(17(25)15-6-20-18(26)21-15)9-14(12)16(23)11-3-2-4-13(19)5-11/h2-6,12,14,16H,7-9H2,1H3,(H2,20,21,26)/t12-,14-,16-/m1/s1. The van der Waals surface area contributed by atoms with Gasteiger partial charge in [0.2, 0.25) is 5.91 Å². The molecule has 2 fully saturated rings. The van der Waals surface area contributed by atoms with E-state index in [0.29, 0.717) is 19.6 Å². The Bertz CT molecular complexity index is 921. The molecular weight excluding hydrogens is 339 g/mol. The van der Waals surface area contributed by atoms with Gasteiger partial charge in [-0.2, -0.15) is 0 Å². The molecule has 2 N–H and O–H groups in total. The number of hydrogen-bond acceptors (Lipinski definition) is 3. The van der Waals surface area contributed by atoms with Crippen molar-refractivity contribution in [1.82, 2.24) is 19.8 Å². The van der Waals surface area contributed by atoms with Crippen LogP contribution in [-0.2, 0) is 4.79 Å². The van der Waals surface area contributed by atoms with Crippen molar-refractivity contribution in [2.45, 2.75) is 13.0 Å². The highest BCUT2D eigenvalue weighted by Crippen LogP contribution is 2.45. The molecule has 4 rings (SSSR count). The summed E-state index contributed by atoms with van der Waals surface area (Å²) in [7, 11) is 0. The molecule has 3 atom stereocenters. The molecule has 136 valence electrons. The molecule has 2 aliphatic rings. The Morgan fingerprint density at radius 1 is 1.23 bits per heavy atom. The summed E-state index contributed by atoms with van der Waals surface area (Å²) in [5, 5.41) is 0. The summed E-state index contributed by atoms with van der Waals surface area (Å²) in [4.78, 5) is 44.3. The minimum atomic E-state index is -0.423. The summed E-state index contributed by atoms with van der Waals surface area (Å²) in [5.74, 6) is -0.478. The van der Waals surface area contributed by atoms with Crippen LogP contribution in [0.5, 0.6) is 0 Å². The van der Waals surface area contributed by atoms with Crippen molar-refractivity contribution in [2.75, 3.05) is 19.6 Å². The van der Waals surface area contributed by atoms with Crippen molar-refractivity contribution >= 4 is 11.8 Å². The number of carbonyl (C=O) groups is 2. The van der Waals surface area contributed by atoms with Crippen molar-refractivity contribution in [2.24, 2.45) is 11.8 Å². The summed E-state index contributed by atoms with van der Waals surface area (Å²) in [6.07, 6.45) is 1.37. The Morgan fingerprint density at radius 2 is 2.04 bits per heavy atom. The van der Waals surface area contributed by atoms with Crippen molar-refractivity contribution in [3.8, 4) is 0 Å². The monoisotopic (exact) mass is 358 g/mol. The highest BCUT2D eigenvalue weighted by atomic mass is 19.1. The number of benzene rings is 1. The van der Waals surface area contributed by atoms with Gasteiger partial charge < -0.3 is 19.8 Å². The Morgan fingerprint density at radius 3 is 2.69 bits per heavy atom. The third-order valence-electron chi connectivity index (χ3n) is 5.37. The maximum absolute atomic E-state index is 13.7. The molecule has 7 nitrogen and oxygen atoms in total. The molecule has 3 heterocycles. The van der Waals surface area contributed by atoms with Crippen LogP contribution in [0.25, 0.3) is 0 Å². The van der Waals surface area contributed by atoms with Crippen LogP contribution in [0.4, 0.5) is 4.39 Å². The number of nitrogens with zero attached hydrogens (tertiary/aromatic N) is 2. The molecule has 0 spiro atoms. The van der Waals surface area contributed by atoms with Gasteiger partial charge >= 0.3 is 5.69 Å². The Kier molecular flexibility index (Phi) is 3.90. The van der Waals surface area contributed by atoms with E-state index in [-0.39, 0.29) is 41.2 Å². The molecule has 0 aliphatic carbocycles. The van der Waals surface area contributed by atoms with Crippen LogP contribution >= 0.6 is 0 Å². The Balaban J connectivity index is 1.61. The number of aromatic amines is 2. The van der Waals surface area contributed by atoms with E-state index in [1.807, 2.05) is 6.07 Å². The molecule has 0 radical (unpaired) electrons. The third kappa shape index (κ3) is 2.71. The lowest BCUT2D eigenvalue weighted by molar-refractivity contribution is -0.130. The van der Waals surface area contributed by atoms with Crippen LogP contribution in [0.15, 0.2) is 35.3 Å². The van der Waals surface area contributed by atoms with Gasteiger partial charge in [0, 0.05) is 44.6 Å². The number of fused-ring (bicyclic) bond motifs is 1. The topological polar surface area (TPSA) is 89.3 Å². The normalized spacial score (nSPS) is 24.8. The SMILES string of the molecule is CC(=O)N1C[C@H]2CN(C(=O)c3c[nH]c(=O)[nH]3)C[C@H]2[C@H]1c1cccc(F)c1. The number of nitrogens with one attached hydrogen (secondary N) is 2. The van der Waals surface area contributed by atoms with Gasteiger partial charge in [0.1, 0.15) is 11.5 Å². The summed E-state index contributed by atoms with van der Waals surface area (Å²) >= 11 is 0. The van der Waals surface area contributed by atoms with Gasteiger partial charge in [-0.05, 0) is 17.7 Å². The first-order chi connectivity index (χ1) is 12.4. The molecule has 0 bridgehead atoms. The van der Waals surface area contributed by atoms with E-state index in [0.717, 1.165) is 5.56 Å². The fourth-order valence-electron chi connectivity index (χ4n) is 4.27. The first-order valence-corrected chi connectivity index (χ1v) is 8.53. The molecule has 26 heavy (non-hydrogen) atoms. The summed E-state index contributed by atoms with van der Waals surface area (Å²) < 4.78 is 13.7. The van der Waals surface area contributed by atoms with Crippen LogP contribution < -0.4 is 5.69 Å². The Hall–Kier alpha value is -2.90. The highest BCUT2D eigenvalue weighted by Gasteiger charge is 2.49. The van der Waals surface area contributed by atoms with E-state index in [4.69, 9.17) is 0 Å². The minimum absolute atomic E-state index is 0.0373. The second-order valence-corrected chi connectivity index (χ2v) is 6.96. The van der Waals surface area contributed by atoms with Crippen molar-refractivity contribution in [1.29, 1.82) is 0 Å². The summed E-state index contributed by atoms with van der Waals surface area (Å²) in [6.45, 7) is 3.02. The molecular formula is C18H19FN4O3. The average molecular weight is 358 g/mol. The minimum Gasteiger partial charge on any atom is -0.337 e. The number of aromatic nitrogens is 2. The smallest absolute Gasteiger partial charge is 0.323 e. The van der Waals surface area contributed by atoms with Gasteiger partial charge in [-0.1, -0.05) is 12.1 Å². The van der Waals surface area contributed by atoms with Gasteiger partial charge in [-0.15, -0.1) is 0 Å². The lowest BCUT2D eigenvalue weighted by Crippen LogP contribution is -2.36. The number of likely N-dealkylation sites (tertiary alicyclic amines) is 2. The van der Waals surface area contributed by atoms with Crippen molar-refractivity contribution in [3.63, 3.8) is 0 Å².